The quantitative estimate of drug-likeness (QED) is 0.834. The second-order valence-corrected chi connectivity index (χ2v) is 5.23. The molecule has 0 spiro atoms. The number of nitrogens with one attached hydrogen (secondary N) is 1. The second-order valence-electron chi connectivity index (χ2n) is 5.23. The fraction of sp³-hybridized carbons (Fsp3) is 0.353. The van der Waals surface area contributed by atoms with Crippen molar-refractivity contribution >= 4 is 11.6 Å². The maximum absolute atomic E-state index is 12.1. The molecule has 0 aromatic heterocycles. The molecule has 1 N–H and O–H groups in total. The average Bonchev–Trinajstić information content (AvgIpc) is 2.75. The number of benzene rings is 1. The van der Waals surface area contributed by atoms with Gasteiger partial charge in [-0.3, -0.25) is 4.79 Å². The van der Waals surface area contributed by atoms with E-state index in [2.05, 4.69) is 48.5 Å². The maximum atomic E-state index is 12.1. The van der Waals surface area contributed by atoms with E-state index >= 15 is 0 Å². The molecule has 0 bridgehead atoms. The van der Waals surface area contributed by atoms with Crippen LogP contribution in [0.25, 0.3) is 5.70 Å². The molecule has 0 fully saturated rings. The van der Waals surface area contributed by atoms with Crippen LogP contribution in [0.15, 0.2) is 37.4 Å². The van der Waals surface area contributed by atoms with E-state index in [1.165, 1.54) is 11.1 Å². The van der Waals surface area contributed by atoms with Gasteiger partial charge in [0.1, 0.15) is 6.04 Å². The fourth-order valence-electron chi connectivity index (χ4n) is 2.74. The van der Waals surface area contributed by atoms with Gasteiger partial charge in [-0.25, -0.2) is 0 Å². The van der Waals surface area contributed by atoms with Crippen molar-refractivity contribution in [2.75, 3.05) is 7.05 Å². The summed E-state index contributed by atoms with van der Waals surface area (Å²) in [6.45, 7) is 10.8. The highest BCUT2D eigenvalue weighted by Gasteiger charge is 2.31. The van der Waals surface area contributed by atoms with Crippen LogP contribution in [0.1, 0.15) is 29.5 Å². The van der Waals surface area contributed by atoms with E-state index in [-0.39, 0.29) is 11.9 Å². The maximum Gasteiger partial charge on any atom is 0.242 e. The normalized spacial score (nSPS) is 14.9. The smallest absolute Gasteiger partial charge is 0.242 e. The number of carbonyl (C=O) groups is 1. The van der Waals surface area contributed by atoms with Gasteiger partial charge in [-0.2, -0.15) is 0 Å². The Kier molecular flexibility index (Phi) is 4.28. The van der Waals surface area contributed by atoms with Gasteiger partial charge in [0.25, 0.3) is 0 Å². The predicted molar refractivity (Wildman–Crippen MR) is 83.0 cm³/mol. The van der Waals surface area contributed by atoms with Crippen LogP contribution in [0.5, 0.6) is 0 Å². The Morgan fingerprint density at radius 2 is 2.30 bits per heavy atom. The van der Waals surface area contributed by atoms with Gasteiger partial charge < -0.3 is 10.2 Å². The van der Waals surface area contributed by atoms with E-state index in [0.29, 0.717) is 0 Å². The Labute approximate surface area is 121 Å². The summed E-state index contributed by atoms with van der Waals surface area (Å²) < 4.78 is 0. The van der Waals surface area contributed by atoms with Crippen molar-refractivity contribution in [1.29, 1.82) is 0 Å². The third-order valence-electron chi connectivity index (χ3n) is 3.83. The van der Waals surface area contributed by atoms with Crippen molar-refractivity contribution in [3.05, 3.63) is 54.1 Å². The second kappa shape index (κ2) is 5.95. The molecule has 1 aliphatic rings. The fourth-order valence-corrected chi connectivity index (χ4v) is 2.74. The molecule has 2 rings (SSSR count). The number of carbonyl (C=O) groups excluding carboxylic acids is 1. The molecule has 0 saturated heterocycles. The lowest BCUT2D eigenvalue weighted by Crippen LogP contribution is -2.42. The van der Waals surface area contributed by atoms with Crippen LogP contribution in [0.3, 0.4) is 0 Å². The summed E-state index contributed by atoms with van der Waals surface area (Å²) >= 11 is 0. The van der Waals surface area contributed by atoms with Crippen LogP contribution in [0, 0.1) is 6.92 Å². The van der Waals surface area contributed by atoms with E-state index in [1.807, 2.05) is 6.08 Å². The van der Waals surface area contributed by atoms with Crippen molar-refractivity contribution in [2.45, 2.75) is 32.4 Å². The van der Waals surface area contributed by atoms with E-state index in [4.69, 9.17) is 0 Å². The van der Waals surface area contributed by atoms with Crippen molar-refractivity contribution in [3.63, 3.8) is 0 Å². The van der Waals surface area contributed by atoms with E-state index in [0.717, 1.165) is 30.6 Å². The third kappa shape index (κ3) is 2.62. The lowest BCUT2D eigenvalue weighted by atomic mass is 10.1. The lowest BCUT2D eigenvalue weighted by molar-refractivity contribution is -0.125. The van der Waals surface area contributed by atoms with Crippen molar-refractivity contribution < 1.29 is 4.79 Å². The summed E-state index contributed by atoms with van der Waals surface area (Å²) in [7, 11) is 1.68. The molecule has 1 unspecified atom stereocenters. The Morgan fingerprint density at radius 3 is 2.95 bits per heavy atom. The van der Waals surface area contributed by atoms with Gasteiger partial charge in [-0.1, -0.05) is 36.4 Å². The standard InChI is InChI=1S/C17H22N2O/c1-5-6-7-16(17(20)18-4)19-11-14-10-12(2)8-9-15(14)13(19)3/h5,8-10,16H,1,3,6-7,11H2,2,4H3,(H,18,20). The third-order valence-corrected chi connectivity index (χ3v) is 3.83. The van der Waals surface area contributed by atoms with Gasteiger partial charge in [-0.15, -0.1) is 6.58 Å². The average molecular weight is 270 g/mol. The highest BCUT2D eigenvalue weighted by molar-refractivity contribution is 5.84. The van der Waals surface area contributed by atoms with Gasteiger partial charge >= 0.3 is 0 Å². The van der Waals surface area contributed by atoms with Crippen LogP contribution in [-0.4, -0.2) is 23.9 Å². The first-order valence-electron chi connectivity index (χ1n) is 6.96. The molecule has 1 amide bonds. The zero-order chi connectivity index (χ0) is 14.7. The summed E-state index contributed by atoms with van der Waals surface area (Å²) in [5.74, 6) is 0.0394. The van der Waals surface area contributed by atoms with Gasteiger partial charge in [-0.05, 0) is 25.3 Å². The highest BCUT2D eigenvalue weighted by Crippen LogP contribution is 2.34. The van der Waals surface area contributed by atoms with Crippen LogP contribution < -0.4 is 5.32 Å². The molecule has 0 saturated carbocycles. The molecule has 0 radical (unpaired) electrons. The molecular formula is C17H22N2O. The first kappa shape index (κ1) is 14.4. The summed E-state index contributed by atoms with van der Waals surface area (Å²) in [5.41, 5.74) is 4.59. The van der Waals surface area contributed by atoms with Gasteiger partial charge in [0, 0.05) is 24.9 Å². The molecule has 1 aromatic carbocycles. The Hall–Kier alpha value is -2.03. The SMILES string of the molecule is C=CCCC(C(=O)NC)N1Cc2cc(C)ccc2C1=C. The summed E-state index contributed by atoms with van der Waals surface area (Å²) in [6.07, 6.45) is 3.43. The molecule has 1 aromatic rings. The minimum atomic E-state index is -0.182. The van der Waals surface area contributed by atoms with E-state index in [1.54, 1.807) is 7.05 Å². The minimum Gasteiger partial charge on any atom is -0.357 e. The molecule has 20 heavy (non-hydrogen) atoms. The zero-order valence-electron chi connectivity index (χ0n) is 12.3. The first-order chi connectivity index (χ1) is 9.58. The molecule has 106 valence electrons. The molecule has 1 atom stereocenters. The van der Waals surface area contributed by atoms with Crippen molar-refractivity contribution in [2.24, 2.45) is 0 Å². The Balaban J connectivity index is 2.26. The summed E-state index contributed by atoms with van der Waals surface area (Å²) in [5, 5.41) is 2.75. The number of hydrogen-bond acceptors (Lipinski definition) is 2. The van der Waals surface area contributed by atoms with Crippen LogP contribution >= 0.6 is 0 Å². The van der Waals surface area contributed by atoms with Crippen LogP contribution in [0.4, 0.5) is 0 Å². The summed E-state index contributed by atoms with van der Waals surface area (Å²) in [6, 6.07) is 6.18. The largest absolute Gasteiger partial charge is 0.357 e. The topological polar surface area (TPSA) is 32.3 Å². The van der Waals surface area contributed by atoms with Gasteiger partial charge in [0.2, 0.25) is 5.91 Å². The van der Waals surface area contributed by atoms with Crippen molar-refractivity contribution in [1.82, 2.24) is 10.2 Å². The molecule has 0 aliphatic carbocycles. The van der Waals surface area contributed by atoms with E-state index < -0.39 is 0 Å². The Bertz CT molecular complexity index is 548. The summed E-state index contributed by atoms with van der Waals surface area (Å²) in [4.78, 5) is 14.2. The van der Waals surface area contributed by atoms with Crippen molar-refractivity contribution in [3.8, 4) is 0 Å². The molecule has 3 heteroatoms. The number of nitrogens with zero attached hydrogens (tertiary/aromatic N) is 1. The van der Waals surface area contributed by atoms with E-state index in [9.17, 15) is 4.79 Å². The number of hydrogen-bond donors (Lipinski definition) is 1. The monoisotopic (exact) mass is 270 g/mol. The number of aryl methyl sites for hydroxylation is 1. The van der Waals surface area contributed by atoms with Crippen LogP contribution in [-0.2, 0) is 11.3 Å². The molecular weight excluding hydrogens is 248 g/mol. The first-order valence-corrected chi connectivity index (χ1v) is 6.96. The molecule has 1 aliphatic heterocycles. The Morgan fingerprint density at radius 1 is 1.55 bits per heavy atom. The highest BCUT2D eigenvalue weighted by atomic mass is 16.2. The predicted octanol–water partition coefficient (Wildman–Crippen LogP) is 2.86. The van der Waals surface area contributed by atoms with Gasteiger partial charge in [0.05, 0.1) is 0 Å². The number of likely N-dealkylation sites (N-methyl/N-ethyl adjacent to an activating group) is 1. The number of fused-ring (bicyclic) bond motifs is 1. The number of rotatable bonds is 5. The zero-order valence-corrected chi connectivity index (χ0v) is 12.3. The lowest BCUT2D eigenvalue weighted by Gasteiger charge is -2.28. The number of allylic oxidation sites excluding steroid dienone is 1. The minimum absolute atomic E-state index is 0.0394. The number of amides is 1. The van der Waals surface area contributed by atoms with Crippen LogP contribution in [0.2, 0.25) is 0 Å². The van der Waals surface area contributed by atoms with Gasteiger partial charge in [0.15, 0.2) is 0 Å². The molecule has 1 heterocycles. The molecule has 3 nitrogen and oxygen atoms in total.